The van der Waals surface area contributed by atoms with Gasteiger partial charge in [0.05, 0.1) is 4.90 Å². The molecule has 0 amide bonds. The Bertz CT molecular complexity index is 989. The van der Waals surface area contributed by atoms with Gasteiger partial charge in [-0.05, 0) is 55.3 Å². The molecule has 0 aliphatic heterocycles. The van der Waals surface area contributed by atoms with Gasteiger partial charge in [-0.25, -0.2) is 0 Å². The predicted molar refractivity (Wildman–Crippen MR) is 115 cm³/mol. The van der Waals surface area contributed by atoms with E-state index in [0.29, 0.717) is 5.69 Å². The average molecular weight is 399 g/mol. The van der Waals surface area contributed by atoms with Gasteiger partial charge in [-0.1, -0.05) is 48.5 Å². The molecule has 148 valence electrons. The van der Waals surface area contributed by atoms with Gasteiger partial charge in [0.15, 0.2) is 0 Å². The predicted octanol–water partition coefficient (Wildman–Crippen LogP) is 4.54. The molecule has 0 aliphatic rings. The summed E-state index contributed by atoms with van der Waals surface area (Å²) in [6.45, 7) is 6.34. The SMILES string of the molecule is CCN(Cc1ccccc1)c1cccc(C)c1.Nc1cccc(S(=O)(=O)O)c1. The van der Waals surface area contributed by atoms with Crippen LogP contribution in [0, 0.1) is 6.92 Å². The fourth-order valence-corrected chi connectivity index (χ4v) is 3.22. The lowest BCUT2D eigenvalue weighted by Gasteiger charge is -2.23. The molecule has 0 unspecified atom stereocenters. The first-order chi connectivity index (χ1) is 13.3. The van der Waals surface area contributed by atoms with Crippen molar-refractivity contribution < 1.29 is 13.0 Å². The Hall–Kier alpha value is -2.83. The summed E-state index contributed by atoms with van der Waals surface area (Å²) in [7, 11) is -4.11. The number of aryl methyl sites for hydroxylation is 1. The van der Waals surface area contributed by atoms with Crippen LogP contribution in [0.25, 0.3) is 0 Å². The molecule has 0 radical (unpaired) electrons. The highest BCUT2D eigenvalue weighted by Gasteiger charge is 2.08. The molecule has 0 saturated heterocycles. The maximum Gasteiger partial charge on any atom is 0.294 e. The maximum atomic E-state index is 10.5. The molecule has 0 bridgehead atoms. The maximum absolute atomic E-state index is 10.5. The number of nitrogens with zero attached hydrogens (tertiary/aromatic N) is 1. The summed E-state index contributed by atoms with van der Waals surface area (Å²) in [4.78, 5) is 2.21. The van der Waals surface area contributed by atoms with Crippen LogP contribution < -0.4 is 10.6 Å². The van der Waals surface area contributed by atoms with Crippen molar-refractivity contribution in [2.75, 3.05) is 17.2 Å². The topological polar surface area (TPSA) is 83.6 Å². The number of nitrogens with two attached hydrogens (primary N) is 1. The van der Waals surface area contributed by atoms with Crippen molar-refractivity contribution >= 4 is 21.5 Å². The molecular formula is C22H26N2O3S. The summed E-state index contributed by atoms with van der Waals surface area (Å²) in [5, 5.41) is 0. The Balaban J connectivity index is 0.000000221. The molecule has 0 heterocycles. The first-order valence-corrected chi connectivity index (χ1v) is 10.4. The van der Waals surface area contributed by atoms with E-state index in [4.69, 9.17) is 10.3 Å². The minimum Gasteiger partial charge on any atom is -0.399 e. The third-order valence-corrected chi connectivity index (χ3v) is 4.97. The second-order valence-corrected chi connectivity index (χ2v) is 7.81. The summed E-state index contributed by atoms with van der Waals surface area (Å²) in [5.74, 6) is 0. The molecule has 0 atom stereocenters. The molecule has 3 rings (SSSR count). The smallest absolute Gasteiger partial charge is 0.294 e. The van der Waals surface area contributed by atoms with Crippen molar-refractivity contribution in [2.45, 2.75) is 25.3 Å². The molecule has 6 heteroatoms. The van der Waals surface area contributed by atoms with Crippen LogP contribution in [0.3, 0.4) is 0 Å². The lowest BCUT2D eigenvalue weighted by molar-refractivity contribution is 0.483. The minimum atomic E-state index is -4.11. The van der Waals surface area contributed by atoms with E-state index >= 15 is 0 Å². The summed E-state index contributed by atoms with van der Waals surface area (Å²) in [6.07, 6.45) is 0. The van der Waals surface area contributed by atoms with Crippen LogP contribution in [0.4, 0.5) is 11.4 Å². The van der Waals surface area contributed by atoms with Crippen molar-refractivity contribution in [3.8, 4) is 0 Å². The van der Waals surface area contributed by atoms with E-state index in [-0.39, 0.29) is 4.90 Å². The van der Waals surface area contributed by atoms with Crippen molar-refractivity contribution in [2.24, 2.45) is 0 Å². The number of benzene rings is 3. The van der Waals surface area contributed by atoms with E-state index in [0.717, 1.165) is 13.1 Å². The summed E-state index contributed by atoms with van der Waals surface area (Å²) in [6, 6.07) is 24.8. The van der Waals surface area contributed by atoms with E-state index in [1.54, 1.807) is 0 Å². The first kappa shape index (κ1) is 21.5. The highest BCUT2D eigenvalue weighted by molar-refractivity contribution is 7.85. The van der Waals surface area contributed by atoms with Crippen LogP contribution in [0.5, 0.6) is 0 Å². The van der Waals surface area contributed by atoms with Gasteiger partial charge in [-0.3, -0.25) is 4.55 Å². The Kier molecular flexibility index (Phi) is 7.61. The molecule has 28 heavy (non-hydrogen) atoms. The Morgan fingerprint density at radius 3 is 2.14 bits per heavy atom. The average Bonchev–Trinajstić information content (AvgIpc) is 2.67. The van der Waals surface area contributed by atoms with Crippen LogP contribution in [-0.4, -0.2) is 19.5 Å². The normalized spacial score (nSPS) is 10.7. The minimum absolute atomic E-state index is 0.183. The highest BCUT2D eigenvalue weighted by atomic mass is 32.2. The lowest BCUT2D eigenvalue weighted by atomic mass is 10.1. The van der Waals surface area contributed by atoms with Crippen molar-refractivity contribution in [1.29, 1.82) is 0 Å². The van der Waals surface area contributed by atoms with Gasteiger partial charge in [0.2, 0.25) is 0 Å². The molecule has 0 spiro atoms. The third kappa shape index (κ3) is 6.72. The van der Waals surface area contributed by atoms with Crippen molar-refractivity contribution in [3.63, 3.8) is 0 Å². The Morgan fingerprint density at radius 2 is 1.61 bits per heavy atom. The van der Waals surface area contributed by atoms with Gasteiger partial charge in [-0.15, -0.1) is 0 Å². The molecule has 3 aromatic carbocycles. The van der Waals surface area contributed by atoms with Gasteiger partial charge >= 0.3 is 0 Å². The molecule has 0 aliphatic carbocycles. The summed E-state index contributed by atoms with van der Waals surface area (Å²) in [5.41, 5.74) is 9.56. The molecule has 0 aromatic heterocycles. The Morgan fingerprint density at radius 1 is 0.929 bits per heavy atom. The fraction of sp³-hybridized carbons (Fsp3) is 0.182. The summed E-state index contributed by atoms with van der Waals surface area (Å²) >= 11 is 0. The number of hydrogen-bond acceptors (Lipinski definition) is 4. The van der Waals surface area contributed by atoms with Gasteiger partial charge in [-0.2, -0.15) is 8.42 Å². The van der Waals surface area contributed by atoms with Crippen LogP contribution in [0.15, 0.2) is 83.8 Å². The Labute approximate surface area is 167 Å². The molecule has 0 saturated carbocycles. The highest BCUT2D eigenvalue weighted by Crippen LogP contribution is 2.18. The van der Waals surface area contributed by atoms with Crippen molar-refractivity contribution in [3.05, 3.63) is 90.0 Å². The van der Waals surface area contributed by atoms with E-state index < -0.39 is 10.1 Å². The third-order valence-electron chi connectivity index (χ3n) is 4.12. The van der Waals surface area contributed by atoms with Crippen LogP contribution in [0.2, 0.25) is 0 Å². The first-order valence-electron chi connectivity index (χ1n) is 8.98. The van der Waals surface area contributed by atoms with Gasteiger partial charge in [0, 0.05) is 24.5 Å². The van der Waals surface area contributed by atoms with Gasteiger partial charge in [0.1, 0.15) is 0 Å². The van der Waals surface area contributed by atoms with Crippen LogP contribution >= 0.6 is 0 Å². The van der Waals surface area contributed by atoms with Crippen LogP contribution in [-0.2, 0) is 16.7 Å². The zero-order valence-corrected chi connectivity index (χ0v) is 16.9. The van der Waals surface area contributed by atoms with Crippen LogP contribution in [0.1, 0.15) is 18.1 Å². The largest absolute Gasteiger partial charge is 0.399 e. The number of hydrogen-bond donors (Lipinski definition) is 2. The molecule has 3 N–H and O–H groups in total. The zero-order chi connectivity index (χ0) is 20.6. The number of anilines is 2. The number of nitrogen functional groups attached to an aromatic ring is 1. The van der Waals surface area contributed by atoms with E-state index in [2.05, 4.69) is 73.3 Å². The quantitative estimate of drug-likeness (QED) is 0.487. The standard InChI is InChI=1S/C16H19N.C6H7NO3S/c1-3-17(13-15-9-5-4-6-10-15)16-11-7-8-14(2)12-16;7-5-2-1-3-6(4-5)11(8,9)10/h4-12H,3,13H2,1-2H3;1-4H,7H2,(H,8,9,10). The second-order valence-electron chi connectivity index (χ2n) is 6.39. The number of rotatable bonds is 5. The van der Waals surface area contributed by atoms with Crippen molar-refractivity contribution in [1.82, 2.24) is 0 Å². The molecular weight excluding hydrogens is 372 g/mol. The molecule has 0 fully saturated rings. The monoisotopic (exact) mass is 398 g/mol. The zero-order valence-electron chi connectivity index (χ0n) is 16.1. The molecule has 5 nitrogen and oxygen atoms in total. The fourth-order valence-electron chi connectivity index (χ4n) is 2.69. The van der Waals surface area contributed by atoms with Gasteiger partial charge < -0.3 is 10.6 Å². The van der Waals surface area contributed by atoms with E-state index in [1.807, 2.05) is 0 Å². The second kappa shape index (κ2) is 9.92. The van der Waals surface area contributed by atoms with E-state index in [1.165, 1.54) is 41.1 Å². The van der Waals surface area contributed by atoms with Gasteiger partial charge in [0.25, 0.3) is 10.1 Å². The lowest BCUT2D eigenvalue weighted by Crippen LogP contribution is -2.21. The van der Waals surface area contributed by atoms with E-state index in [9.17, 15) is 8.42 Å². The summed E-state index contributed by atoms with van der Waals surface area (Å²) < 4.78 is 29.5. The molecule has 3 aromatic rings.